The van der Waals surface area contributed by atoms with Gasteiger partial charge in [-0.2, -0.15) is 13.2 Å². The fourth-order valence-electron chi connectivity index (χ4n) is 2.39. The maximum absolute atomic E-state index is 12.9. The van der Waals surface area contributed by atoms with E-state index in [0.29, 0.717) is 17.2 Å². The first-order chi connectivity index (χ1) is 11.8. The Morgan fingerprint density at radius 1 is 1.04 bits per heavy atom. The molecule has 25 heavy (non-hydrogen) atoms. The van der Waals surface area contributed by atoms with E-state index in [1.165, 1.54) is 6.07 Å². The number of hydrogen-bond acceptors (Lipinski definition) is 2. The number of rotatable bonds is 1. The number of hydrogen-bond donors (Lipinski definition) is 0. The van der Waals surface area contributed by atoms with Gasteiger partial charge in [-0.1, -0.05) is 12.0 Å². The van der Waals surface area contributed by atoms with Crippen LogP contribution in [0.25, 0.3) is 5.69 Å². The first-order valence-corrected chi connectivity index (χ1v) is 7.51. The molecule has 3 nitrogen and oxygen atoms in total. The summed E-state index contributed by atoms with van der Waals surface area (Å²) in [5, 5.41) is 0. The second-order valence-corrected chi connectivity index (χ2v) is 5.53. The van der Waals surface area contributed by atoms with Crippen LogP contribution in [0.15, 0.2) is 48.8 Å². The summed E-state index contributed by atoms with van der Waals surface area (Å²) < 4.78 is 40.2. The molecule has 0 aliphatic heterocycles. The summed E-state index contributed by atoms with van der Waals surface area (Å²) in [5.41, 5.74) is 1.85. The van der Waals surface area contributed by atoms with Gasteiger partial charge >= 0.3 is 6.18 Å². The SMILES string of the molecule is Cc1cc(C#Cc2cn(-c3cccc(C(F)(F)F)c3)c(C)n2)ccn1. The number of halogens is 3. The highest BCUT2D eigenvalue weighted by atomic mass is 19.4. The maximum atomic E-state index is 12.9. The molecular formula is C19H14F3N3. The minimum absolute atomic E-state index is 0.396. The lowest BCUT2D eigenvalue weighted by Gasteiger charge is -2.10. The van der Waals surface area contributed by atoms with E-state index in [1.807, 2.05) is 13.0 Å². The van der Waals surface area contributed by atoms with Gasteiger partial charge in [0.2, 0.25) is 0 Å². The largest absolute Gasteiger partial charge is 0.416 e. The van der Waals surface area contributed by atoms with E-state index in [4.69, 9.17) is 0 Å². The number of aromatic nitrogens is 3. The van der Waals surface area contributed by atoms with Crippen molar-refractivity contribution in [2.75, 3.05) is 0 Å². The molecule has 0 aliphatic rings. The normalized spacial score (nSPS) is 11.1. The number of nitrogens with zero attached hydrogens (tertiary/aromatic N) is 3. The van der Waals surface area contributed by atoms with Crippen LogP contribution >= 0.6 is 0 Å². The summed E-state index contributed by atoms with van der Waals surface area (Å²) in [6.07, 6.45) is -1.08. The summed E-state index contributed by atoms with van der Waals surface area (Å²) in [7, 11) is 0. The molecule has 0 radical (unpaired) electrons. The zero-order valence-corrected chi connectivity index (χ0v) is 13.6. The summed E-state index contributed by atoms with van der Waals surface area (Å²) in [5.74, 6) is 6.48. The van der Waals surface area contributed by atoms with Crippen molar-refractivity contribution < 1.29 is 13.2 Å². The minimum atomic E-state index is -4.38. The standard InChI is InChI=1S/C19H14F3N3/c1-13-10-15(8-9-23-13)6-7-17-12-25(14(2)24-17)18-5-3-4-16(11-18)19(20,21)22/h3-5,8-12H,1-2H3. The predicted molar refractivity (Wildman–Crippen MR) is 88.3 cm³/mol. The van der Waals surface area contributed by atoms with E-state index in [1.54, 1.807) is 36.0 Å². The van der Waals surface area contributed by atoms with Crippen molar-refractivity contribution in [3.8, 4) is 17.5 Å². The van der Waals surface area contributed by atoms with Crippen molar-refractivity contribution in [1.29, 1.82) is 0 Å². The van der Waals surface area contributed by atoms with Crippen molar-refractivity contribution in [3.63, 3.8) is 0 Å². The van der Waals surface area contributed by atoms with Gasteiger partial charge in [0.1, 0.15) is 11.5 Å². The Morgan fingerprint density at radius 3 is 2.56 bits per heavy atom. The van der Waals surface area contributed by atoms with Gasteiger partial charge in [0.15, 0.2) is 0 Å². The van der Waals surface area contributed by atoms with Crippen LogP contribution in [0.4, 0.5) is 13.2 Å². The highest BCUT2D eigenvalue weighted by molar-refractivity contribution is 5.43. The van der Waals surface area contributed by atoms with E-state index in [-0.39, 0.29) is 0 Å². The predicted octanol–water partition coefficient (Wildman–Crippen LogP) is 4.30. The Morgan fingerprint density at radius 2 is 1.84 bits per heavy atom. The van der Waals surface area contributed by atoms with Gasteiger partial charge in [0.05, 0.1) is 5.56 Å². The zero-order chi connectivity index (χ0) is 18.0. The number of imidazole rings is 1. The molecule has 1 aromatic carbocycles. The molecule has 0 spiro atoms. The van der Waals surface area contributed by atoms with Crippen LogP contribution in [0.5, 0.6) is 0 Å². The van der Waals surface area contributed by atoms with Crippen molar-refractivity contribution in [2.45, 2.75) is 20.0 Å². The second kappa shape index (κ2) is 6.44. The highest BCUT2D eigenvalue weighted by Crippen LogP contribution is 2.30. The van der Waals surface area contributed by atoms with Crippen LogP contribution in [-0.4, -0.2) is 14.5 Å². The summed E-state index contributed by atoms with van der Waals surface area (Å²) in [6.45, 7) is 3.60. The van der Waals surface area contributed by atoms with Crippen molar-refractivity contribution in [2.24, 2.45) is 0 Å². The molecule has 6 heteroatoms. The number of pyridine rings is 1. The van der Waals surface area contributed by atoms with Gasteiger partial charge in [-0.15, -0.1) is 0 Å². The highest BCUT2D eigenvalue weighted by Gasteiger charge is 2.30. The number of alkyl halides is 3. The molecule has 0 aliphatic carbocycles. The molecule has 0 atom stereocenters. The van der Waals surface area contributed by atoms with E-state index in [0.717, 1.165) is 23.4 Å². The maximum Gasteiger partial charge on any atom is 0.416 e. The van der Waals surface area contributed by atoms with E-state index in [9.17, 15) is 13.2 Å². The minimum Gasteiger partial charge on any atom is -0.303 e. The molecule has 2 heterocycles. The quantitative estimate of drug-likeness (QED) is 0.618. The molecule has 2 aromatic heterocycles. The van der Waals surface area contributed by atoms with Gasteiger partial charge in [-0.3, -0.25) is 4.98 Å². The number of aryl methyl sites for hydroxylation is 2. The van der Waals surface area contributed by atoms with Crippen molar-refractivity contribution >= 4 is 0 Å². The van der Waals surface area contributed by atoms with E-state index >= 15 is 0 Å². The Hall–Kier alpha value is -3.07. The fraction of sp³-hybridized carbons (Fsp3) is 0.158. The molecule has 0 saturated heterocycles. The molecule has 0 fully saturated rings. The van der Waals surface area contributed by atoms with Gasteiger partial charge in [-0.25, -0.2) is 4.98 Å². The topological polar surface area (TPSA) is 30.7 Å². The third-order valence-corrected chi connectivity index (χ3v) is 3.57. The zero-order valence-electron chi connectivity index (χ0n) is 13.6. The Bertz CT molecular complexity index is 975. The van der Waals surface area contributed by atoms with Crippen LogP contribution in [0.2, 0.25) is 0 Å². The monoisotopic (exact) mass is 341 g/mol. The Labute approximate surface area is 143 Å². The molecular weight excluding hydrogens is 327 g/mol. The first kappa shape index (κ1) is 16.8. The lowest BCUT2D eigenvalue weighted by Crippen LogP contribution is -2.06. The van der Waals surface area contributed by atoms with Crippen LogP contribution in [-0.2, 0) is 6.18 Å². The first-order valence-electron chi connectivity index (χ1n) is 7.51. The second-order valence-electron chi connectivity index (χ2n) is 5.53. The average Bonchev–Trinajstić information content (AvgIpc) is 2.93. The smallest absolute Gasteiger partial charge is 0.303 e. The molecule has 0 N–H and O–H groups in total. The van der Waals surface area contributed by atoms with Crippen molar-refractivity contribution in [1.82, 2.24) is 14.5 Å². The Balaban J connectivity index is 1.94. The van der Waals surface area contributed by atoms with E-state index in [2.05, 4.69) is 21.8 Å². The van der Waals surface area contributed by atoms with Gasteiger partial charge in [0, 0.05) is 29.3 Å². The van der Waals surface area contributed by atoms with Crippen LogP contribution in [0, 0.1) is 25.7 Å². The molecule has 0 bridgehead atoms. The third kappa shape index (κ3) is 3.89. The van der Waals surface area contributed by atoms with Crippen LogP contribution in [0.3, 0.4) is 0 Å². The van der Waals surface area contributed by atoms with Gasteiger partial charge < -0.3 is 4.57 Å². The lowest BCUT2D eigenvalue weighted by molar-refractivity contribution is -0.137. The lowest BCUT2D eigenvalue weighted by atomic mass is 10.2. The Kier molecular flexibility index (Phi) is 4.32. The van der Waals surface area contributed by atoms with Gasteiger partial charge in [-0.05, 0) is 50.1 Å². The molecule has 3 rings (SSSR count). The van der Waals surface area contributed by atoms with E-state index < -0.39 is 11.7 Å². The molecule has 0 unspecified atom stereocenters. The summed E-state index contributed by atoms with van der Waals surface area (Å²) in [6, 6.07) is 8.76. The fourth-order valence-corrected chi connectivity index (χ4v) is 2.39. The molecule has 3 aromatic rings. The molecule has 126 valence electrons. The van der Waals surface area contributed by atoms with Crippen molar-refractivity contribution in [3.05, 3.63) is 77.1 Å². The molecule has 0 saturated carbocycles. The van der Waals surface area contributed by atoms with Crippen LogP contribution < -0.4 is 0 Å². The summed E-state index contributed by atoms with van der Waals surface area (Å²) >= 11 is 0. The average molecular weight is 341 g/mol. The number of benzene rings is 1. The third-order valence-electron chi connectivity index (χ3n) is 3.57. The molecule has 0 amide bonds. The van der Waals surface area contributed by atoms with Gasteiger partial charge in [0.25, 0.3) is 0 Å². The summed E-state index contributed by atoms with van der Waals surface area (Å²) in [4.78, 5) is 8.41. The van der Waals surface area contributed by atoms with Crippen LogP contribution in [0.1, 0.15) is 28.3 Å².